The number of fused-ring (bicyclic) bond motifs is 2. The first-order valence-corrected chi connectivity index (χ1v) is 20.8. The average molecular weight is 907 g/mol. The van der Waals surface area contributed by atoms with Crippen LogP contribution in [0.2, 0.25) is 10.0 Å². The van der Waals surface area contributed by atoms with Crippen LogP contribution in [0.15, 0.2) is 60.7 Å². The number of rotatable bonds is 11. The van der Waals surface area contributed by atoms with Crippen LogP contribution in [0.25, 0.3) is 0 Å². The van der Waals surface area contributed by atoms with Crippen LogP contribution in [-0.4, -0.2) is 103 Å². The Bertz CT molecular complexity index is 1980. The van der Waals surface area contributed by atoms with E-state index in [1.54, 1.807) is 18.2 Å². The lowest BCUT2D eigenvalue weighted by atomic mass is 9.72. The highest BCUT2D eigenvalue weighted by atomic mass is 35.5. The van der Waals surface area contributed by atoms with Crippen molar-refractivity contribution in [3.8, 4) is 0 Å². The van der Waals surface area contributed by atoms with E-state index in [1.807, 2.05) is 17.0 Å². The summed E-state index contributed by atoms with van der Waals surface area (Å²) in [6, 6.07) is 14.2. The minimum absolute atomic E-state index is 0. The van der Waals surface area contributed by atoms with Gasteiger partial charge >= 0.3 is 12.4 Å². The predicted molar refractivity (Wildman–Crippen MR) is 217 cm³/mol. The topological polar surface area (TPSA) is 82.6 Å². The Hall–Kier alpha value is -3.11. The molecule has 1 N–H and O–H groups in total. The van der Waals surface area contributed by atoms with Gasteiger partial charge in [0, 0.05) is 43.3 Å². The minimum Gasteiger partial charge on any atom is -0.396 e. The maximum absolute atomic E-state index is 13.8. The molecule has 17 heteroatoms. The molecule has 3 aliphatic heterocycles. The second-order valence-electron chi connectivity index (χ2n) is 16.2. The molecule has 60 heavy (non-hydrogen) atoms. The molecule has 4 aliphatic rings. The van der Waals surface area contributed by atoms with Gasteiger partial charge in [0.05, 0.1) is 40.4 Å². The van der Waals surface area contributed by atoms with E-state index >= 15 is 0 Å². The number of likely N-dealkylation sites (tertiary alicyclic amines) is 2. The van der Waals surface area contributed by atoms with Crippen LogP contribution in [-0.2, 0) is 44.1 Å². The number of nitrogens with zero attached hydrogens (tertiary/aromatic N) is 3. The van der Waals surface area contributed by atoms with Crippen LogP contribution in [0, 0.1) is 0 Å². The molecular weight excluding hydrogens is 859 g/mol. The normalized spacial score (nSPS) is 23.1. The van der Waals surface area contributed by atoms with Crippen molar-refractivity contribution in [2.45, 2.75) is 86.9 Å². The molecule has 2 amide bonds. The van der Waals surface area contributed by atoms with Crippen LogP contribution in [0.4, 0.5) is 26.3 Å². The third kappa shape index (κ3) is 9.75. The van der Waals surface area contributed by atoms with Gasteiger partial charge in [-0.1, -0.05) is 53.5 Å². The largest absolute Gasteiger partial charge is 0.416 e. The smallest absolute Gasteiger partial charge is 0.396 e. The molecule has 3 atom stereocenters. The quantitative estimate of drug-likeness (QED) is 0.194. The minimum atomic E-state index is -5.11. The first-order chi connectivity index (χ1) is 28.0. The molecule has 0 bridgehead atoms. The number of benzene rings is 3. The highest BCUT2D eigenvalue weighted by Crippen LogP contribution is 2.48. The molecule has 1 aliphatic carbocycles. The third-order valence-corrected chi connectivity index (χ3v) is 13.4. The lowest BCUT2D eigenvalue weighted by Crippen LogP contribution is -2.54. The van der Waals surface area contributed by atoms with Crippen LogP contribution in [0.1, 0.15) is 83.1 Å². The Labute approximate surface area is 361 Å². The Kier molecular flexibility index (Phi) is 14.5. The Morgan fingerprint density at radius 2 is 1.60 bits per heavy atom. The maximum Gasteiger partial charge on any atom is 0.416 e. The van der Waals surface area contributed by atoms with E-state index in [2.05, 4.69) is 17.0 Å². The van der Waals surface area contributed by atoms with E-state index < -0.39 is 40.6 Å². The van der Waals surface area contributed by atoms with Gasteiger partial charge in [-0.05, 0) is 111 Å². The number of piperidine rings is 1. The number of aliphatic hydroxyl groups is 1. The van der Waals surface area contributed by atoms with Crippen molar-refractivity contribution in [3.05, 3.63) is 104 Å². The fourth-order valence-corrected chi connectivity index (χ4v) is 9.89. The molecule has 0 aromatic heterocycles. The lowest BCUT2D eigenvalue weighted by Gasteiger charge is -2.46. The summed E-state index contributed by atoms with van der Waals surface area (Å²) >= 11 is 12.7. The zero-order chi connectivity index (χ0) is 42.2. The summed E-state index contributed by atoms with van der Waals surface area (Å²) in [6.07, 6.45) is -4.67. The Balaban J connectivity index is 0.00000604. The van der Waals surface area contributed by atoms with Crippen LogP contribution in [0.3, 0.4) is 0 Å². The van der Waals surface area contributed by atoms with Gasteiger partial charge in [0.25, 0.3) is 5.91 Å². The van der Waals surface area contributed by atoms with Crippen molar-refractivity contribution < 1.29 is 50.5 Å². The molecule has 8 nitrogen and oxygen atoms in total. The van der Waals surface area contributed by atoms with Gasteiger partial charge in [-0.25, -0.2) is 0 Å². The van der Waals surface area contributed by atoms with Crippen LogP contribution < -0.4 is 0 Å². The average Bonchev–Trinajstić information content (AvgIpc) is 3.81. The highest BCUT2D eigenvalue weighted by Gasteiger charge is 2.50. The van der Waals surface area contributed by atoms with Crippen molar-refractivity contribution >= 4 is 47.4 Å². The molecule has 0 saturated carbocycles. The second kappa shape index (κ2) is 18.7. The van der Waals surface area contributed by atoms with E-state index in [4.69, 9.17) is 32.7 Å². The summed E-state index contributed by atoms with van der Waals surface area (Å²) in [5, 5.41) is 9.83. The van der Waals surface area contributed by atoms with E-state index in [0.29, 0.717) is 63.1 Å². The summed E-state index contributed by atoms with van der Waals surface area (Å²) in [5.74, 6) is -1.01. The highest BCUT2D eigenvalue weighted by molar-refractivity contribution is 6.42. The van der Waals surface area contributed by atoms with Gasteiger partial charge in [0.1, 0.15) is 12.2 Å². The number of carbonyl (C=O) groups is 2. The van der Waals surface area contributed by atoms with E-state index in [1.165, 1.54) is 16.0 Å². The molecule has 328 valence electrons. The van der Waals surface area contributed by atoms with Gasteiger partial charge in [0.2, 0.25) is 5.91 Å². The lowest BCUT2D eigenvalue weighted by molar-refractivity contribution is -0.143. The summed E-state index contributed by atoms with van der Waals surface area (Å²) < 4.78 is 95.4. The molecule has 7 rings (SSSR count). The monoisotopic (exact) mass is 905 g/mol. The molecule has 3 heterocycles. The third-order valence-electron chi connectivity index (χ3n) is 12.7. The van der Waals surface area contributed by atoms with Crippen LogP contribution in [0.5, 0.6) is 0 Å². The van der Waals surface area contributed by atoms with Crippen molar-refractivity contribution in [2.75, 3.05) is 59.1 Å². The summed E-state index contributed by atoms with van der Waals surface area (Å²) in [4.78, 5) is 32.7. The number of hydrogen-bond donors (Lipinski definition) is 1. The van der Waals surface area contributed by atoms with E-state index in [9.17, 15) is 41.0 Å². The first kappa shape index (κ1) is 46.4. The first-order valence-electron chi connectivity index (χ1n) is 20.0. The molecular formula is C43H48Cl3F6N3O5. The number of aliphatic hydroxyl groups excluding tert-OH is 1. The summed E-state index contributed by atoms with van der Waals surface area (Å²) in [7, 11) is 0. The van der Waals surface area contributed by atoms with Crippen molar-refractivity contribution in [1.82, 2.24) is 14.7 Å². The molecule has 3 saturated heterocycles. The van der Waals surface area contributed by atoms with Gasteiger partial charge in [-0.15, -0.1) is 12.4 Å². The standard InChI is InChI=1S/C43H47Cl2F6N3O5.ClH/c44-35-10-9-30(25-36(35)45)41(27-53(18-20-59-41)39(57)29-21-31(42(46,47)48)24-32(22-29)43(49,50)51)13-17-52-15-11-40(12-16-52)34-8-2-1-5-28(34)23-37(40)58-26-38(56)54-14-3-6-33(54)7-4-19-55;/h1-2,5,8-10,21-22,24-25,33,37,55H,3-4,6-7,11-20,23,26-27H2;1H/t33-,37+,41-;/m1./s1. The number of ether oxygens (including phenoxy) is 2. The Morgan fingerprint density at radius 3 is 2.27 bits per heavy atom. The molecule has 3 aromatic carbocycles. The number of carbonyl (C=O) groups excluding carboxylic acids is 2. The maximum atomic E-state index is 13.8. The number of hydrogen-bond acceptors (Lipinski definition) is 6. The zero-order valence-corrected chi connectivity index (χ0v) is 35.1. The predicted octanol–water partition coefficient (Wildman–Crippen LogP) is 8.95. The summed E-state index contributed by atoms with van der Waals surface area (Å²) in [5.41, 5.74) is -2.42. The molecule has 3 aromatic rings. The van der Waals surface area contributed by atoms with Gasteiger partial charge < -0.3 is 29.3 Å². The Morgan fingerprint density at radius 1 is 0.900 bits per heavy atom. The number of alkyl halides is 6. The summed E-state index contributed by atoms with van der Waals surface area (Å²) in [6.45, 7) is 2.33. The second-order valence-corrected chi connectivity index (χ2v) is 17.0. The van der Waals surface area contributed by atoms with Crippen molar-refractivity contribution in [1.29, 1.82) is 0 Å². The van der Waals surface area contributed by atoms with E-state index in [-0.39, 0.29) is 84.9 Å². The fraction of sp³-hybridized carbons (Fsp3) is 0.535. The van der Waals surface area contributed by atoms with Crippen molar-refractivity contribution in [2.24, 2.45) is 0 Å². The molecule has 1 spiro atoms. The molecule has 0 radical (unpaired) electrons. The van der Waals surface area contributed by atoms with Gasteiger partial charge in [0.15, 0.2) is 0 Å². The fourth-order valence-electron chi connectivity index (χ4n) is 9.59. The molecule has 0 unspecified atom stereocenters. The van der Waals surface area contributed by atoms with Gasteiger partial charge in [-0.3, -0.25) is 9.59 Å². The SMILES string of the molecule is Cl.O=C(c1cc(C(F)(F)F)cc(C(F)(F)F)c1)N1CCO[C@@](CCN2CCC3(CC2)c2ccccc2C[C@@H]3OCC(=O)N2CCC[C@@H]2CCCO)(c2ccc(Cl)c(Cl)c2)C1. The van der Waals surface area contributed by atoms with Crippen molar-refractivity contribution in [3.63, 3.8) is 0 Å². The number of halogens is 9. The van der Waals surface area contributed by atoms with Crippen LogP contribution >= 0.6 is 35.6 Å². The molecule has 3 fully saturated rings. The van der Waals surface area contributed by atoms with Gasteiger partial charge in [-0.2, -0.15) is 26.3 Å². The van der Waals surface area contributed by atoms with E-state index in [0.717, 1.165) is 32.1 Å². The number of morpholine rings is 1. The number of amides is 2. The zero-order valence-electron chi connectivity index (χ0n) is 32.8.